The summed E-state index contributed by atoms with van der Waals surface area (Å²) in [6, 6.07) is 0. The van der Waals surface area contributed by atoms with E-state index in [0.717, 1.165) is 96.3 Å². The third-order valence-corrected chi connectivity index (χ3v) is 17.3. The highest BCUT2D eigenvalue weighted by atomic mass is 31.2. The molecule has 0 amide bonds. The molecule has 0 aromatic rings. The van der Waals surface area contributed by atoms with Crippen LogP contribution in [-0.4, -0.2) is 96.7 Å². The fraction of sp³-hybridized carbons (Fsp3) is 0.939. The molecule has 0 saturated carbocycles. The third-order valence-electron chi connectivity index (χ3n) is 15.4. The lowest BCUT2D eigenvalue weighted by atomic mass is 10.0. The number of aliphatic hydroxyl groups excluding tert-OH is 1. The Morgan fingerprint density at radius 2 is 0.471 bits per heavy atom. The SMILES string of the molecule is CCCCCCCCCCCCCCCCCC(=O)O[C@H](COC(=O)CCCCCCCCCCCCCCCC)COP(=O)(O)OC[C@@H](O)COP(=O)(O)OC[C@@H](COC(=O)CCCCCCC)OC(=O)CCCCCCCCCCCCC. The van der Waals surface area contributed by atoms with Gasteiger partial charge in [-0.15, -0.1) is 0 Å². The summed E-state index contributed by atoms with van der Waals surface area (Å²) in [5.41, 5.74) is 0. The van der Waals surface area contributed by atoms with Gasteiger partial charge in [0.25, 0.3) is 0 Å². The zero-order chi connectivity index (χ0) is 62.6. The smallest absolute Gasteiger partial charge is 0.462 e. The Morgan fingerprint density at radius 1 is 0.282 bits per heavy atom. The van der Waals surface area contributed by atoms with E-state index >= 15 is 0 Å². The van der Waals surface area contributed by atoms with Gasteiger partial charge in [-0.05, 0) is 25.7 Å². The van der Waals surface area contributed by atoms with Crippen molar-refractivity contribution in [3.8, 4) is 0 Å². The number of aliphatic hydroxyl groups is 1. The molecule has 0 heterocycles. The summed E-state index contributed by atoms with van der Waals surface area (Å²) < 4.78 is 67.9. The number of ether oxygens (including phenoxy) is 4. The number of carbonyl (C=O) groups excluding carboxylic acids is 4. The van der Waals surface area contributed by atoms with Crippen LogP contribution in [0, 0.1) is 0 Å². The van der Waals surface area contributed by atoms with Gasteiger partial charge in [0.15, 0.2) is 12.2 Å². The molecule has 0 aliphatic heterocycles. The molecule has 0 bridgehead atoms. The van der Waals surface area contributed by atoms with E-state index in [4.69, 9.17) is 37.0 Å². The summed E-state index contributed by atoms with van der Waals surface area (Å²) >= 11 is 0. The lowest BCUT2D eigenvalue weighted by Crippen LogP contribution is -2.30. The molecule has 0 aliphatic rings. The van der Waals surface area contributed by atoms with Crippen LogP contribution in [-0.2, 0) is 65.4 Å². The van der Waals surface area contributed by atoms with Gasteiger partial charge in [-0.1, -0.05) is 291 Å². The lowest BCUT2D eigenvalue weighted by Gasteiger charge is -2.21. The van der Waals surface area contributed by atoms with Crippen LogP contribution in [0.3, 0.4) is 0 Å². The molecule has 0 aliphatic carbocycles. The van der Waals surface area contributed by atoms with E-state index in [0.29, 0.717) is 25.7 Å². The van der Waals surface area contributed by atoms with Gasteiger partial charge >= 0.3 is 39.5 Å². The maximum absolute atomic E-state index is 13.0. The highest BCUT2D eigenvalue weighted by Crippen LogP contribution is 2.45. The van der Waals surface area contributed by atoms with Crippen molar-refractivity contribution in [1.82, 2.24) is 0 Å². The quantitative estimate of drug-likeness (QED) is 0.0222. The Kier molecular flexibility index (Phi) is 59.6. The summed E-state index contributed by atoms with van der Waals surface area (Å²) in [5, 5.41) is 10.5. The van der Waals surface area contributed by atoms with Crippen molar-refractivity contribution in [3.63, 3.8) is 0 Å². The first-order chi connectivity index (χ1) is 41.2. The van der Waals surface area contributed by atoms with Gasteiger partial charge < -0.3 is 33.8 Å². The molecular formula is C66H128O17P2. The average molecular weight is 1260 g/mol. The molecule has 19 heteroatoms. The van der Waals surface area contributed by atoms with Gasteiger partial charge in [0.05, 0.1) is 26.4 Å². The van der Waals surface area contributed by atoms with Crippen LogP contribution < -0.4 is 0 Å². The topological polar surface area (TPSA) is 237 Å². The molecule has 0 aromatic carbocycles. The normalized spacial score (nSPS) is 14.1. The highest BCUT2D eigenvalue weighted by Gasteiger charge is 2.30. The molecule has 504 valence electrons. The van der Waals surface area contributed by atoms with Gasteiger partial charge in [0.2, 0.25) is 0 Å². The number of phosphoric acid groups is 2. The molecule has 0 fully saturated rings. The van der Waals surface area contributed by atoms with Crippen molar-refractivity contribution in [2.75, 3.05) is 39.6 Å². The minimum atomic E-state index is -4.94. The van der Waals surface area contributed by atoms with Crippen LogP contribution in [0.25, 0.3) is 0 Å². The Hall–Kier alpha value is -1.94. The Bertz CT molecular complexity index is 1640. The second kappa shape index (κ2) is 60.9. The van der Waals surface area contributed by atoms with Crippen LogP contribution in [0.5, 0.6) is 0 Å². The Labute approximate surface area is 517 Å². The van der Waals surface area contributed by atoms with Crippen molar-refractivity contribution in [2.24, 2.45) is 0 Å². The number of carbonyl (C=O) groups is 4. The third kappa shape index (κ3) is 60.7. The van der Waals surface area contributed by atoms with Crippen molar-refractivity contribution in [2.45, 2.75) is 361 Å². The van der Waals surface area contributed by atoms with Crippen LogP contribution in [0.4, 0.5) is 0 Å². The largest absolute Gasteiger partial charge is 0.472 e. The summed E-state index contributed by atoms with van der Waals surface area (Å²) in [7, 11) is -9.88. The molecule has 0 spiro atoms. The summed E-state index contributed by atoms with van der Waals surface area (Å²) in [4.78, 5) is 72.1. The fourth-order valence-corrected chi connectivity index (χ4v) is 11.6. The summed E-state index contributed by atoms with van der Waals surface area (Å²) in [5.74, 6) is -2.14. The first-order valence-corrected chi connectivity index (χ1v) is 37.8. The molecule has 85 heavy (non-hydrogen) atoms. The van der Waals surface area contributed by atoms with Crippen molar-refractivity contribution in [1.29, 1.82) is 0 Å². The molecule has 17 nitrogen and oxygen atoms in total. The van der Waals surface area contributed by atoms with Crippen LogP contribution in [0.2, 0.25) is 0 Å². The number of hydrogen-bond donors (Lipinski definition) is 3. The number of phosphoric ester groups is 2. The van der Waals surface area contributed by atoms with E-state index in [1.807, 2.05) is 0 Å². The van der Waals surface area contributed by atoms with Crippen molar-refractivity contribution >= 4 is 39.5 Å². The van der Waals surface area contributed by atoms with E-state index in [1.54, 1.807) is 0 Å². The van der Waals surface area contributed by atoms with Crippen LogP contribution in [0.15, 0.2) is 0 Å². The molecular weight excluding hydrogens is 1130 g/mol. The monoisotopic (exact) mass is 1250 g/mol. The first kappa shape index (κ1) is 83.1. The molecule has 5 atom stereocenters. The van der Waals surface area contributed by atoms with E-state index < -0.39 is 97.5 Å². The standard InChI is InChI=1S/C66H128O17P2/c1-5-9-13-17-20-23-26-28-30-32-35-38-41-45-49-53-66(71)83-62(57-77-64(69)51-47-43-39-36-34-31-29-27-24-21-18-14-10-6-2)59-81-85(74,75)79-55-60(67)54-78-84(72,73)80-58-61(56-76-63(68)50-46-42-16-12-8-4)82-65(70)52-48-44-40-37-33-25-22-19-15-11-7-3/h60-62,67H,5-59H2,1-4H3,(H,72,73)(H,74,75)/t60-,61+,62+/m0/s1. The predicted octanol–water partition coefficient (Wildman–Crippen LogP) is 18.7. The zero-order valence-electron chi connectivity index (χ0n) is 54.6. The summed E-state index contributed by atoms with van der Waals surface area (Å²) in [6.45, 7) is 4.83. The molecule has 0 aromatic heterocycles. The maximum atomic E-state index is 13.0. The molecule has 2 unspecified atom stereocenters. The molecule has 3 N–H and O–H groups in total. The van der Waals surface area contributed by atoms with Gasteiger partial charge in [0, 0.05) is 25.7 Å². The Balaban J connectivity index is 5.16. The van der Waals surface area contributed by atoms with E-state index in [1.165, 1.54) is 167 Å². The van der Waals surface area contributed by atoms with Gasteiger partial charge in [-0.25, -0.2) is 9.13 Å². The highest BCUT2D eigenvalue weighted by molar-refractivity contribution is 7.47. The number of esters is 4. The minimum Gasteiger partial charge on any atom is -0.462 e. The first-order valence-electron chi connectivity index (χ1n) is 34.8. The van der Waals surface area contributed by atoms with Crippen molar-refractivity contribution in [3.05, 3.63) is 0 Å². The molecule has 0 radical (unpaired) electrons. The number of rotatable bonds is 67. The molecule has 0 saturated heterocycles. The zero-order valence-corrected chi connectivity index (χ0v) is 56.4. The number of unbranched alkanes of at least 4 members (excludes halogenated alkanes) is 41. The lowest BCUT2D eigenvalue weighted by molar-refractivity contribution is -0.161. The Morgan fingerprint density at radius 3 is 0.694 bits per heavy atom. The van der Waals surface area contributed by atoms with E-state index in [9.17, 15) is 43.2 Å². The number of hydrogen-bond acceptors (Lipinski definition) is 15. The second-order valence-corrected chi connectivity index (χ2v) is 26.8. The predicted molar refractivity (Wildman–Crippen MR) is 340 cm³/mol. The van der Waals surface area contributed by atoms with Gasteiger partial charge in [-0.3, -0.25) is 37.3 Å². The van der Waals surface area contributed by atoms with Gasteiger partial charge in [0.1, 0.15) is 19.3 Å². The van der Waals surface area contributed by atoms with E-state index in [-0.39, 0.29) is 25.7 Å². The fourth-order valence-electron chi connectivity index (χ4n) is 9.99. The minimum absolute atomic E-state index is 0.106. The average Bonchev–Trinajstić information content (AvgIpc) is 3.56. The second-order valence-electron chi connectivity index (χ2n) is 23.9. The maximum Gasteiger partial charge on any atom is 0.472 e. The van der Waals surface area contributed by atoms with Gasteiger partial charge in [-0.2, -0.15) is 0 Å². The van der Waals surface area contributed by atoms with Crippen molar-refractivity contribution < 1.29 is 80.2 Å². The molecule has 0 rings (SSSR count). The van der Waals surface area contributed by atoms with Crippen LogP contribution in [0.1, 0.15) is 342 Å². The summed E-state index contributed by atoms with van der Waals surface area (Å²) in [6.07, 6.45) is 47.4. The van der Waals surface area contributed by atoms with E-state index in [2.05, 4.69) is 27.7 Å². The van der Waals surface area contributed by atoms with Crippen LogP contribution >= 0.6 is 15.6 Å².